The minimum Gasteiger partial charge on any atom is -0.508 e. The summed E-state index contributed by atoms with van der Waals surface area (Å²) in [6, 6.07) is 15.1. The number of hydrogen-bond acceptors (Lipinski definition) is 3. The second kappa shape index (κ2) is 8.94. The van der Waals surface area contributed by atoms with E-state index in [2.05, 4.69) is 13.8 Å². The first-order valence-electron chi connectivity index (χ1n) is 9.94. The second-order valence-corrected chi connectivity index (χ2v) is 7.36. The van der Waals surface area contributed by atoms with E-state index in [0.717, 1.165) is 36.3 Å². The van der Waals surface area contributed by atoms with Crippen molar-refractivity contribution in [2.75, 3.05) is 6.54 Å². The fraction of sp³-hybridized carbons (Fsp3) is 0.435. The molecule has 0 aromatic heterocycles. The molecule has 0 aliphatic carbocycles. The van der Waals surface area contributed by atoms with E-state index in [4.69, 9.17) is 4.74 Å². The van der Waals surface area contributed by atoms with E-state index in [9.17, 15) is 9.90 Å². The van der Waals surface area contributed by atoms with Gasteiger partial charge in [-0.2, -0.15) is 0 Å². The average Bonchev–Trinajstić information content (AvgIpc) is 3.29. The largest absolute Gasteiger partial charge is 0.508 e. The highest BCUT2D eigenvalue weighted by atomic mass is 16.5. The van der Waals surface area contributed by atoms with E-state index in [0.29, 0.717) is 5.92 Å². The van der Waals surface area contributed by atoms with Crippen LogP contribution in [-0.2, 0) is 11.2 Å². The lowest BCUT2D eigenvalue weighted by molar-refractivity contribution is -0.114. The number of aromatic hydroxyl groups is 1. The van der Waals surface area contributed by atoms with Gasteiger partial charge in [0.2, 0.25) is 0 Å². The molecule has 0 radical (unpaired) electrons. The summed E-state index contributed by atoms with van der Waals surface area (Å²) in [5.74, 6) is 1.67. The molecule has 2 atom stereocenters. The molecular formula is C23H29NO3. The molecule has 2 aromatic carbocycles. The maximum absolute atomic E-state index is 12.1. The Morgan fingerprint density at radius 1 is 1.04 bits per heavy atom. The minimum absolute atomic E-state index is 0.0955. The molecule has 1 heterocycles. The molecule has 1 fully saturated rings. The zero-order valence-electron chi connectivity index (χ0n) is 16.2. The molecule has 2 aromatic rings. The monoisotopic (exact) mass is 367 g/mol. The maximum atomic E-state index is 12.1. The molecule has 0 spiro atoms. The number of ether oxygens (including phenoxy) is 1. The smallest absolute Gasteiger partial charge is 0.288 e. The number of benzene rings is 2. The van der Waals surface area contributed by atoms with Gasteiger partial charge in [0, 0.05) is 6.54 Å². The molecule has 0 saturated carbocycles. The Bertz CT molecular complexity index is 739. The summed E-state index contributed by atoms with van der Waals surface area (Å²) in [6.07, 6.45) is 5.07. The van der Waals surface area contributed by atoms with E-state index in [1.165, 1.54) is 19.3 Å². The van der Waals surface area contributed by atoms with Gasteiger partial charge in [0.25, 0.3) is 12.1 Å². The summed E-state index contributed by atoms with van der Waals surface area (Å²) < 4.78 is 5.86. The predicted octanol–water partition coefficient (Wildman–Crippen LogP) is 4.75. The molecule has 1 amide bonds. The zero-order valence-corrected chi connectivity index (χ0v) is 16.2. The molecule has 4 heteroatoms. The van der Waals surface area contributed by atoms with Crippen LogP contribution < -0.4 is 4.74 Å². The third-order valence-corrected chi connectivity index (χ3v) is 5.22. The lowest BCUT2D eigenvalue weighted by Gasteiger charge is -2.15. The molecule has 1 saturated heterocycles. The minimum atomic E-state index is -0.413. The molecular weight excluding hydrogens is 338 g/mol. The Labute approximate surface area is 161 Å². The number of carbonyl (C=O) groups excluding carboxylic acids is 1. The summed E-state index contributed by atoms with van der Waals surface area (Å²) in [6.45, 7) is 5.20. The van der Waals surface area contributed by atoms with Crippen molar-refractivity contribution >= 4 is 5.91 Å². The van der Waals surface area contributed by atoms with Crippen molar-refractivity contribution in [3.05, 3.63) is 59.7 Å². The molecule has 1 aliphatic heterocycles. The first-order valence-corrected chi connectivity index (χ1v) is 9.94. The SMILES string of the molecule is CCCCC(CC)CN1C(=O)C1Oc1ccc(Cc2ccc(O)cc2)cc1. The van der Waals surface area contributed by atoms with Crippen molar-refractivity contribution in [2.45, 2.75) is 52.2 Å². The Morgan fingerprint density at radius 3 is 2.26 bits per heavy atom. The molecule has 1 N–H and O–H groups in total. The van der Waals surface area contributed by atoms with E-state index in [1.54, 1.807) is 12.1 Å². The van der Waals surface area contributed by atoms with Crippen LogP contribution in [0.5, 0.6) is 11.5 Å². The molecule has 0 bridgehead atoms. The number of carbonyl (C=O) groups is 1. The fourth-order valence-electron chi connectivity index (χ4n) is 3.35. The number of unbranched alkanes of at least 4 members (excludes halogenated alkanes) is 1. The molecule has 3 rings (SSSR count). The highest BCUT2D eigenvalue weighted by Gasteiger charge is 2.48. The van der Waals surface area contributed by atoms with Crippen LogP contribution in [0.3, 0.4) is 0 Å². The quantitative estimate of drug-likeness (QED) is 0.617. The summed E-state index contributed by atoms with van der Waals surface area (Å²) in [5, 5.41) is 9.36. The van der Waals surface area contributed by atoms with Gasteiger partial charge in [-0.15, -0.1) is 0 Å². The Balaban J connectivity index is 1.51. The van der Waals surface area contributed by atoms with Crippen molar-refractivity contribution in [3.8, 4) is 11.5 Å². The second-order valence-electron chi connectivity index (χ2n) is 7.36. The van der Waals surface area contributed by atoms with E-state index < -0.39 is 6.23 Å². The molecule has 4 nitrogen and oxygen atoms in total. The van der Waals surface area contributed by atoms with Gasteiger partial charge in [-0.05, 0) is 54.2 Å². The Kier molecular flexibility index (Phi) is 6.38. The lowest BCUT2D eigenvalue weighted by Crippen LogP contribution is -2.17. The van der Waals surface area contributed by atoms with Crippen molar-refractivity contribution in [2.24, 2.45) is 5.92 Å². The van der Waals surface area contributed by atoms with E-state index in [1.807, 2.05) is 41.3 Å². The van der Waals surface area contributed by atoms with Crippen LogP contribution in [0.1, 0.15) is 50.7 Å². The van der Waals surface area contributed by atoms with Gasteiger partial charge in [-0.1, -0.05) is 57.4 Å². The Hall–Kier alpha value is -2.49. The van der Waals surface area contributed by atoms with Crippen LogP contribution in [-0.4, -0.2) is 28.7 Å². The highest BCUT2D eigenvalue weighted by Crippen LogP contribution is 2.28. The first kappa shape index (κ1) is 19.3. The number of nitrogens with zero attached hydrogens (tertiary/aromatic N) is 1. The van der Waals surface area contributed by atoms with Crippen LogP contribution in [0.4, 0.5) is 0 Å². The Morgan fingerprint density at radius 2 is 1.67 bits per heavy atom. The van der Waals surface area contributed by atoms with Crippen molar-refractivity contribution in [1.82, 2.24) is 4.90 Å². The third kappa shape index (κ3) is 5.25. The molecule has 2 unspecified atom stereocenters. The molecule has 1 aliphatic rings. The summed E-state index contributed by atoms with van der Waals surface area (Å²) in [4.78, 5) is 13.9. The number of rotatable bonds is 10. The standard InChI is InChI=1S/C23H29NO3/c1-3-5-6-17(4-2)16-24-22(26)23(24)27-21-13-9-19(10-14-21)15-18-7-11-20(25)12-8-18/h7-14,17,23,25H,3-6,15-16H2,1-2H3. The van der Waals surface area contributed by atoms with E-state index in [-0.39, 0.29) is 11.7 Å². The highest BCUT2D eigenvalue weighted by molar-refractivity contribution is 5.95. The predicted molar refractivity (Wildman–Crippen MR) is 107 cm³/mol. The van der Waals surface area contributed by atoms with Gasteiger partial charge >= 0.3 is 0 Å². The average molecular weight is 367 g/mol. The summed E-state index contributed by atoms with van der Waals surface area (Å²) in [5.41, 5.74) is 2.31. The summed E-state index contributed by atoms with van der Waals surface area (Å²) >= 11 is 0. The third-order valence-electron chi connectivity index (χ3n) is 5.22. The number of phenolic OH excluding ortho intramolecular Hbond substituents is 1. The van der Waals surface area contributed by atoms with Crippen molar-refractivity contribution in [1.29, 1.82) is 0 Å². The van der Waals surface area contributed by atoms with E-state index >= 15 is 0 Å². The van der Waals surface area contributed by atoms with Gasteiger partial charge < -0.3 is 9.84 Å². The topological polar surface area (TPSA) is 49.5 Å². The molecule has 144 valence electrons. The first-order chi connectivity index (χ1) is 13.1. The summed E-state index contributed by atoms with van der Waals surface area (Å²) in [7, 11) is 0. The van der Waals surface area contributed by atoms with Crippen LogP contribution in [0.15, 0.2) is 48.5 Å². The van der Waals surface area contributed by atoms with Gasteiger partial charge in [0.1, 0.15) is 11.5 Å². The zero-order chi connectivity index (χ0) is 19.2. The van der Waals surface area contributed by atoms with Crippen molar-refractivity contribution in [3.63, 3.8) is 0 Å². The number of phenols is 1. The molecule has 27 heavy (non-hydrogen) atoms. The van der Waals surface area contributed by atoms with Crippen LogP contribution in [0.25, 0.3) is 0 Å². The van der Waals surface area contributed by atoms with Crippen LogP contribution in [0.2, 0.25) is 0 Å². The van der Waals surface area contributed by atoms with Crippen molar-refractivity contribution < 1.29 is 14.6 Å². The van der Waals surface area contributed by atoms with Gasteiger partial charge in [-0.25, -0.2) is 0 Å². The lowest BCUT2D eigenvalue weighted by atomic mass is 9.99. The van der Waals surface area contributed by atoms with Crippen LogP contribution in [0, 0.1) is 5.92 Å². The normalized spacial score (nSPS) is 17.0. The number of hydrogen-bond donors (Lipinski definition) is 1. The fourth-order valence-corrected chi connectivity index (χ4v) is 3.35. The van der Waals surface area contributed by atoms with Crippen LogP contribution >= 0.6 is 0 Å². The van der Waals surface area contributed by atoms with Gasteiger partial charge in [-0.3, -0.25) is 9.69 Å². The number of amides is 1. The van der Waals surface area contributed by atoms with Gasteiger partial charge in [0.15, 0.2) is 0 Å². The maximum Gasteiger partial charge on any atom is 0.288 e. The van der Waals surface area contributed by atoms with Gasteiger partial charge in [0.05, 0.1) is 0 Å².